The molecule has 4 nitrogen and oxygen atoms in total. The van der Waals surface area contributed by atoms with Crippen molar-refractivity contribution in [2.24, 2.45) is 0 Å². The van der Waals surface area contributed by atoms with E-state index in [1.807, 2.05) is 36.4 Å². The van der Waals surface area contributed by atoms with E-state index in [2.05, 4.69) is 21.6 Å². The van der Waals surface area contributed by atoms with Crippen LogP contribution in [0.25, 0.3) is 11.0 Å². The van der Waals surface area contributed by atoms with Crippen molar-refractivity contribution in [3.63, 3.8) is 0 Å². The Labute approximate surface area is 178 Å². The van der Waals surface area contributed by atoms with Crippen LogP contribution in [0.4, 0.5) is 13.2 Å². The number of aromatic nitrogens is 2. The van der Waals surface area contributed by atoms with Gasteiger partial charge in [-0.1, -0.05) is 41.9 Å². The quantitative estimate of drug-likeness (QED) is 0.573. The summed E-state index contributed by atoms with van der Waals surface area (Å²) < 4.78 is 40.4. The highest BCUT2D eigenvalue weighted by molar-refractivity contribution is 6.31. The molecule has 3 aromatic rings. The zero-order chi connectivity index (χ0) is 21.1. The van der Waals surface area contributed by atoms with Crippen molar-refractivity contribution < 1.29 is 13.2 Å². The lowest BCUT2D eigenvalue weighted by Crippen LogP contribution is -2.37. The van der Waals surface area contributed by atoms with Gasteiger partial charge in [-0.05, 0) is 43.3 Å². The highest BCUT2D eigenvalue weighted by Gasteiger charge is 2.31. The molecule has 1 fully saturated rings. The third-order valence-electron chi connectivity index (χ3n) is 5.42. The third-order valence-corrected chi connectivity index (χ3v) is 5.66. The number of halogens is 4. The Hall–Kier alpha value is -2.09. The molecule has 0 aliphatic carbocycles. The van der Waals surface area contributed by atoms with E-state index in [9.17, 15) is 13.2 Å². The maximum Gasteiger partial charge on any atom is 0.401 e. The monoisotopic (exact) mass is 436 g/mol. The summed E-state index contributed by atoms with van der Waals surface area (Å²) in [5.41, 5.74) is 3.01. The second kappa shape index (κ2) is 8.96. The number of fused-ring (bicyclic) bond motifs is 1. The fourth-order valence-corrected chi connectivity index (χ4v) is 4.18. The first-order valence-corrected chi connectivity index (χ1v) is 10.5. The van der Waals surface area contributed by atoms with Gasteiger partial charge in [0, 0.05) is 24.7 Å². The van der Waals surface area contributed by atoms with Crippen LogP contribution in [-0.2, 0) is 13.1 Å². The summed E-state index contributed by atoms with van der Waals surface area (Å²) in [7, 11) is 0. The van der Waals surface area contributed by atoms with Gasteiger partial charge in [0.1, 0.15) is 5.82 Å². The van der Waals surface area contributed by atoms with Gasteiger partial charge in [-0.3, -0.25) is 9.80 Å². The molecule has 1 aliphatic heterocycles. The number of benzene rings is 2. The zero-order valence-electron chi connectivity index (χ0n) is 16.6. The molecular formula is C22H24ClF3N4. The van der Waals surface area contributed by atoms with Crippen molar-refractivity contribution in [1.82, 2.24) is 19.4 Å². The summed E-state index contributed by atoms with van der Waals surface area (Å²) in [4.78, 5) is 8.50. The minimum Gasteiger partial charge on any atom is -0.322 e. The Kier molecular flexibility index (Phi) is 6.32. The van der Waals surface area contributed by atoms with Crippen molar-refractivity contribution >= 4 is 22.6 Å². The van der Waals surface area contributed by atoms with Crippen LogP contribution in [0.1, 0.15) is 17.8 Å². The summed E-state index contributed by atoms with van der Waals surface area (Å²) >= 11 is 6.17. The molecular weight excluding hydrogens is 413 g/mol. The molecule has 8 heteroatoms. The molecule has 0 saturated carbocycles. The fraction of sp³-hybridized carbons (Fsp3) is 0.409. The number of alkyl halides is 3. The van der Waals surface area contributed by atoms with Crippen LogP contribution in [-0.4, -0.2) is 58.3 Å². The maximum atomic E-state index is 12.7. The lowest BCUT2D eigenvalue weighted by molar-refractivity contribution is -0.145. The predicted octanol–water partition coefficient (Wildman–Crippen LogP) is 4.81. The van der Waals surface area contributed by atoms with Gasteiger partial charge in [0.15, 0.2) is 0 Å². The zero-order valence-corrected chi connectivity index (χ0v) is 17.3. The van der Waals surface area contributed by atoms with E-state index in [-0.39, 0.29) is 0 Å². The van der Waals surface area contributed by atoms with E-state index in [4.69, 9.17) is 16.6 Å². The SMILES string of the molecule is FC(F)(F)CN1CCCN(Cc2nc3cc(Cl)ccc3n2Cc2ccccc2)CC1. The minimum atomic E-state index is -4.15. The van der Waals surface area contributed by atoms with E-state index in [0.29, 0.717) is 44.2 Å². The lowest BCUT2D eigenvalue weighted by atomic mass is 10.2. The molecule has 0 unspecified atom stereocenters. The van der Waals surface area contributed by atoms with Gasteiger partial charge in [-0.25, -0.2) is 4.98 Å². The van der Waals surface area contributed by atoms with Crippen LogP contribution in [0.2, 0.25) is 5.02 Å². The first-order chi connectivity index (χ1) is 14.4. The van der Waals surface area contributed by atoms with Crippen molar-refractivity contribution in [3.05, 3.63) is 64.9 Å². The third kappa shape index (κ3) is 5.33. The van der Waals surface area contributed by atoms with Gasteiger partial charge in [0.05, 0.1) is 24.1 Å². The van der Waals surface area contributed by atoms with Crippen LogP contribution >= 0.6 is 11.6 Å². The van der Waals surface area contributed by atoms with E-state index in [0.717, 1.165) is 23.4 Å². The Morgan fingerprint density at radius 3 is 2.40 bits per heavy atom. The van der Waals surface area contributed by atoms with Gasteiger partial charge < -0.3 is 4.57 Å². The Balaban J connectivity index is 1.55. The van der Waals surface area contributed by atoms with Crippen molar-refractivity contribution in [3.8, 4) is 0 Å². The van der Waals surface area contributed by atoms with Crippen LogP contribution in [0, 0.1) is 0 Å². The summed E-state index contributed by atoms with van der Waals surface area (Å²) in [6, 6.07) is 15.8. The molecule has 1 aromatic heterocycles. The molecule has 0 spiro atoms. The van der Waals surface area contributed by atoms with Crippen LogP contribution in [0.3, 0.4) is 0 Å². The Bertz CT molecular complexity index is 987. The summed E-state index contributed by atoms with van der Waals surface area (Å²) in [5, 5.41) is 0.635. The molecule has 30 heavy (non-hydrogen) atoms. The Morgan fingerprint density at radius 1 is 0.900 bits per heavy atom. The van der Waals surface area contributed by atoms with Gasteiger partial charge in [-0.15, -0.1) is 0 Å². The highest BCUT2D eigenvalue weighted by atomic mass is 35.5. The first-order valence-electron chi connectivity index (χ1n) is 10.1. The number of imidazole rings is 1. The van der Waals surface area contributed by atoms with Crippen LogP contribution < -0.4 is 0 Å². The van der Waals surface area contributed by atoms with Crippen molar-refractivity contribution in [2.75, 3.05) is 32.7 Å². The van der Waals surface area contributed by atoms with Gasteiger partial charge >= 0.3 is 6.18 Å². The van der Waals surface area contributed by atoms with Crippen LogP contribution in [0.5, 0.6) is 0 Å². The number of rotatable bonds is 5. The van der Waals surface area contributed by atoms with E-state index < -0.39 is 12.7 Å². The molecule has 0 N–H and O–H groups in total. The number of hydrogen-bond acceptors (Lipinski definition) is 3. The summed E-state index contributed by atoms with van der Waals surface area (Å²) in [5.74, 6) is 0.903. The predicted molar refractivity (Wildman–Crippen MR) is 113 cm³/mol. The molecule has 0 atom stereocenters. The molecule has 0 bridgehead atoms. The Morgan fingerprint density at radius 2 is 1.63 bits per heavy atom. The molecule has 0 amide bonds. The lowest BCUT2D eigenvalue weighted by Gasteiger charge is -2.22. The summed E-state index contributed by atoms with van der Waals surface area (Å²) in [6.07, 6.45) is -3.45. The molecule has 2 aromatic carbocycles. The topological polar surface area (TPSA) is 24.3 Å². The summed E-state index contributed by atoms with van der Waals surface area (Å²) in [6.45, 7) is 2.65. The second-order valence-corrected chi connectivity index (χ2v) is 8.19. The standard InChI is InChI=1S/C22H24ClF3N4/c23-18-7-8-20-19(13-18)27-21(30(20)14-17-5-2-1-3-6-17)15-28-9-4-10-29(12-11-28)16-22(24,25)26/h1-3,5-8,13H,4,9-12,14-16H2. The molecule has 0 radical (unpaired) electrons. The van der Waals surface area contributed by atoms with Gasteiger partial charge in [0.25, 0.3) is 0 Å². The normalized spacial score (nSPS) is 16.8. The molecule has 160 valence electrons. The van der Waals surface area contributed by atoms with E-state index >= 15 is 0 Å². The number of nitrogens with zero attached hydrogens (tertiary/aromatic N) is 4. The largest absolute Gasteiger partial charge is 0.401 e. The minimum absolute atomic E-state index is 0.407. The van der Waals surface area contributed by atoms with Gasteiger partial charge in [0.2, 0.25) is 0 Å². The van der Waals surface area contributed by atoms with Crippen molar-refractivity contribution in [1.29, 1.82) is 0 Å². The fourth-order valence-electron chi connectivity index (χ4n) is 4.01. The molecule has 1 aliphatic rings. The highest BCUT2D eigenvalue weighted by Crippen LogP contribution is 2.23. The van der Waals surface area contributed by atoms with E-state index in [1.165, 1.54) is 10.5 Å². The average molecular weight is 437 g/mol. The van der Waals surface area contributed by atoms with E-state index in [1.54, 1.807) is 0 Å². The second-order valence-electron chi connectivity index (χ2n) is 7.75. The molecule has 1 saturated heterocycles. The number of hydrogen-bond donors (Lipinski definition) is 0. The smallest absolute Gasteiger partial charge is 0.322 e. The van der Waals surface area contributed by atoms with Crippen LogP contribution in [0.15, 0.2) is 48.5 Å². The van der Waals surface area contributed by atoms with Gasteiger partial charge in [-0.2, -0.15) is 13.2 Å². The average Bonchev–Trinajstić information content (AvgIpc) is 2.85. The molecule has 2 heterocycles. The molecule has 4 rings (SSSR count). The maximum absolute atomic E-state index is 12.7. The first kappa shape index (κ1) is 21.2. The van der Waals surface area contributed by atoms with Crippen molar-refractivity contribution in [2.45, 2.75) is 25.7 Å².